The number of hydrogen-bond donors (Lipinski definition) is 2. The van der Waals surface area contributed by atoms with Crippen LogP contribution in [0.4, 0.5) is 5.69 Å². The molecule has 0 fully saturated rings. The molecule has 25 heavy (non-hydrogen) atoms. The van der Waals surface area contributed by atoms with E-state index in [1.54, 1.807) is 12.1 Å². The number of nitro benzene ring substituents is 1. The van der Waals surface area contributed by atoms with Gasteiger partial charge in [0, 0.05) is 18.7 Å². The van der Waals surface area contributed by atoms with Crippen LogP contribution in [0.15, 0.2) is 48.5 Å². The van der Waals surface area contributed by atoms with Crippen LogP contribution in [-0.4, -0.2) is 29.3 Å². The molecule has 0 saturated heterocycles. The van der Waals surface area contributed by atoms with Gasteiger partial charge in [0.25, 0.3) is 5.69 Å². The average molecular weight is 344 g/mol. The second-order valence-corrected chi connectivity index (χ2v) is 6.00. The van der Waals surface area contributed by atoms with E-state index in [1.807, 2.05) is 6.92 Å². The Morgan fingerprint density at radius 1 is 1.24 bits per heavy atom. The van der Waals surface area contributed by atoms with Gasteiger partial charge in [0.2, 0.25) is 0 Å². The number of ether oxygens (including phenoxy) is 1. The standard InChI is InChI=1S/C19H24N2O4/c1-3-19(15-9-7-14(2)8-10-15)20-12-17(22)13-25-18-6-4-5-16(11-18)21(23)24/h4-11,17,19-20,22H,3,12-13H2,1-2H3/t17-,19-/m1/s1. The molecule has 0 aliphatic rings. The Kier molecular flexibility index (Phi) is 6.91. The lowest BCUT2D eigenvalue weighted by atomic mass is 10.0. The number of hydrogen-bond acceptors (Lipinski definition) is 5. The van der Waals surface area contributed by atoms with Crippen molar-refractivity contribution >= 4 is 5.69 Å². The zero-order valence-corrected chi connectivity index (χ0v) is 14.5. The topological polar surface area (TPSA) is 84.6 Å². The molecule has 0 radical (unpaired) electrons. The lowest BCUT2D eigenvalue weighted by Crippen LogP contribution is -2.33. The highest BCUT2D eigenvalue weighted by atomic mass is 16.6. The van der Waals surface area contributed by atoms with E-state index in [0.717, 1.165) is 6.42 Å². The summed E-state index contributed by atoms with van der Waals surface area (Å²) in [7, 11) is 0. The molecule has 6 nitrogen and oxygen atoms in total. The summed E-state index contributed by atoms with van der Waals surface area (Å²) in [4.78, 5) is 10.3. The van der Waals surface area contributed by atoms with Gasteiger partial charge in [-0.2, -0.15) is 0 Å². The Morgan fingerprint density at radius 3 is 2.60 bits per heavy atom. The molecule has 0 unspecified atom stereocenters. The van der Waals surface area contributed by atoms with Gasteiger partial charge >= 0.3 is 0 Å². The third-order valence-electron chi connectivity index (χ3n) is 3.96. The van der Waals surface area contributed by atoms with Gasteiger partial charge in [0.15, 0.2) is 0 Å². The van der Waals surface area contributed by atoms with E-state index in [0.29, 0.717) is 12.3 Å². The number of nitrogens with one attached hydrogen (secondary N) is 1. The smallest absolute Gasteiger partial charge is 0.273 e. The maximum atomic E-state index is 10.7. The Balaban J connectivity index is 1.83. The van der Waals surface area contributed by atoms with Gasteiger partial charge in [-0.25, -0.2) is 0 Å². The molecule has 0 bridgehead atoms. The van der Waals surface area contributed by atoms with Crippen molar-refractivity contribution in [1.82, 2.24) is 5.32 Å². The molecule has 0 aromatic heterocycles. The molecular weight excluding hydrogens is 320 g/mol. The molecule has 2 atom stereocenters. The molecule has 0 saturated carbocycles. The van der Waals surface area contributed by atoms with E-state index >= 15 is 0 Å². The highest BCUT2D eigenvalue weighted by molar-refractivity contribution is 5.37. The minimum Gasteiger partial charge on any atom is -0.491 e. The first kappa shape index (κ1) is 18.9. The van der Waals surface area contributed by atoms with Crippen LogP contribution < -0.4 is 10.1 Å². The third-order valence-corrected chi connectivity index (χ3v) is 3.96. The van der Waals surface area contributed by atoms with Crippen LogP contribution in [0, 0.1) is 17.0 Å². The maximum Gasteiger partial charge on any atom is 0.273 e. The zero-order valence-electron chi connectivity index (χ0n) is 14.5. The van der Waals surface area contributed by atoms with Gasteiger partial charge in [-0.15, -0.1) is 0 Å². The van der Waals surface area contributed by atoms with Gasteiger partial charge in [0.05, 0.1) is 11.0 Å². The summed E-state index contributed by atoms with van der Waals surface area (Å²) in [5.41, 5.74) is 2.36. The fourth-order valence-corrected chi connectivity index (χ4v) is 2.51. The fourth-order valence-electron chi connectivity index (χ4n) is 2.51. The van der Waals surface area contributed by atoms with Crippen molar-refractivity contribution in [2.24, 2.45) is 0 Å². The van der Waals surface area contributed by atoms with Crippen LogP contribution in [0.25, 0.3) is 0 Å². The summed E-state index contributed by atoms with van der Waals surface area (Å²) in [6, 6.07) is 14.4. The lowest BCUT2D eigenvalue weighted by Gasteiger charge is -2.20. The number of nitro groups is 1. The summed E-state index contributed by atoms with van der Waals surface area (Å²) in [6.07, 6.45) is 0.195. The molecule has 2 N–H and O–H groups in total. The first-order chi connectivity index (χ1) is 12.0. The monoisotopic (exact) mass is 344 g/mol. The minimum atomic E-state index is -0.709. The first-order valence-corrected chi connectivity index (χ1v) is 8.35. The van der Waals surface area contributed by atoms with Crippen LogP contribution in [0.2, 0.25) is 0 Å². The van der Waals surface area contributed by atoms with E-state index in [-0.39, 0.29) is 18.3 Å². The molecule has 2 aromatic rings. The quantitative estimate of drug-likeness (QED) is 0.538. The number of non-ortho nitro benzene ring substituents is 1. The van der Waals surface area contributed by atoms with Gasteiger partial charge < -0.3 is 15.2 Å². The molecule has 2 rings (SSSR count). The molecule has 6 heteroatoms. The SMILES string of the molecule is CC[C@@H](NC[C@@H](O)COc1cccc([N+](=O)[O-])c1)c1ccc(C)cc1. The van der Waals surface area contributed by atoms with Gasteiger partial charge in [-0.05, 0) is 25.0 Å². The highest BCUT2D eigenvalue weighted by Gasteiger charge is 2.13. The van der Waals surface area contributed by atoms with Crippen molar-refractivity contribution in [3.63, 3.8) is 0 Å². The summed E-state index contributed by atoms with van der Waals surface area (Å²) in [5.74, 6) is 0.374. The van der Waals surface area contributed by atoms with Crippen LogP contribution in [0.5, 0.6) is 5.75 Å². The molecule has 0 amide bonds. The number of aryl methyl sites for hydroxylation is 1. The van der Waals surface area contributed by atoms with Crippen molar-refractivity contribution in [3.05, 3.63) is 69.8 Å². The molecule has 0 heterocycles. The Labute approximate surface area is 147 Å². The fraction of sp³-hybridized carbons (Fsp3) is 0.368. The van der Waals surface area contributed by atoms with E-state index in [2.05, 4.69) is 36.5 Å². The number of aliphatic hydroxyl groups excluding tert-OH is 1. The van der Waals surface area contributed by atoms with Crippen LogP contribution >= 0.6 is 0 Å². The van der Waals surface area contributed by atoms with Crippen LogP contribution in [0.1, 0.15) is 30.5 Å². The van der Waals surface area contributed by atoms with Crippen molar-refractivity contribution in [3.8, 4) is 5.75 Å². The highest BCUT2D eigenvalue weighted by Crippen LogP contribution is 2.19. The van der Waals surface area contributed by atoms with Crippen molar-refractivity contribution < 1.29 is 14.8 Å². The summed E-state index contributed by atoms with van der Waals surface area (Å²) >= 11 is 0. The number of benzene rings is 2. The Hall–Kier alpha value is -2.44. The molecule has 0 aliphatic carbocycles. The molecule has 134 valence electrons. The lowest BCUT2D eigenvalue weighted by molar-refractivity contribution is -0.384. The molecular formula is C19H24N2O4. The van der Waals surface area contributed by atoms with E-state index in [1.165, 1.54) is 23.3 Å². The number of rotatable bonds is 9. The average Bonchev–Trinajstić information content (AvgIpc) is 2.62. The Morgan fingerprint density at radius 2 is 1.96 bits per heavy atom. The second kappa shape index (κ2) is 9.15. The predicted octanol–water partition coefficient (Wildman–Crippen LogP) is 3.38. The van der Waals surface area contributed by atoms with Gasteiger partial charge in [-0.3, -0.25) is 10.1 Å². The van der Waals surface area contributed by atoms with Crippen molar-refractivity contribution in [2.75, 3.05) is 13.2 Å². The Bertz CT molecular complexity index is 688. The number of aliphatic hydroxyl groups is 1. The molecule has 2 aromatic carbocycles. The normalized spacial score (nSPS) is 13.2. The summed E-state index contributed by atoms with van der Waals surface area (Å²) in [6.45, 7) is 4.58. The zero-order chi connectivity index (χ0) is 18.2. The summed E-state index contributed by atoms with van der Waals surface area (Å²) in [5, 5.41) is 24.2. The summed E-state index contributed by atoms with van der Waals surface area (Å²) < 4.78 is 5.45. The van der Waals surface area contributed by atoms with Crippen LogP contribution in [0.3, 0.4) is 0 Å². The molecule has 0 spiro atoms. The first-order valence-electron chi connectivity index (χ1n) is 8.35. The van der Waals surface area contributed by atoms with Crippen molar-refractivity contribution in [2.45, 2.75) is 32.4 Å². The largest absolute Gasteiger partial charge is 0.491 e. The van der Waals surface area contributed by atoms with Crippen LogP contribution in [-0.2, 0) is 0 Å². The van der Waals surface area contributed by atoms with E-state index in [9.17, 15) is 15.2 Å². The second-order valence-electron chi connectivity index (χ2n) is 6.00. The predicted molar refractivity (Wildman–Crippen MR) is 96.8 cm³/mol. The van der Waals surface area contributed by atoms with Gasteiger partial charge in [-0.1, -0.05) is 42.8 Å². The molecule has 0 aliphatic heterocycles. The minimum absolute atomic E-state index is 0.0319. The van der Waals surface area contributed by atoms with Gasteiger partial charge in [0.1, 0.15) is 18.5 Å². The maximum absolute atomic E-state index is 10.7. The third kappa shape index (κ3) is 5.85. The van der Waals surface area contributed by atoms with E-state index < -0.39 is 11.0 Å². The van der Waals surface area contributed by atoms with Crippen molar-refractivity contribution in [1.29, 1.82) is 0 Å². The number of nitrogens with zero attached hydrogens (tertiary/aromatic N) is 1. The van der Waals surface area contributed by atoms with E-state index in [4.69, 9.17) is 4.74 Å².